The number of fused-ring (bicyclic) bond motifs is 1. The van der Waals surface area contributed by atoms with Gasteiger partial charge in [0.1, 0.15) is 5.75 Å². The minimum atomic E-state index is -0.312. The number of benzene rings is 2. The minimum Gasteiger partial charge on any atom is -0.493 e. The summed E-state index contributed by atoms with van der Waals surface area (Å²) in [4.78, 5) is 24.1. The van der Waals surface area contributed by atoms with E-state index >= 15 is 0 Å². The Morgan fingerprint density at radius 3 is 2.68 bits per heavy atom. The zero-order valence-corrected chi connectivity index (χ0v) is 13.9. The van der Waals surface area contributed by atoms with E-state index in [1.807, 2.05) is 0 Å². The van der Waals surface area contributed by atoms with Crippen LogP contribution in [0.1, 0.15) is 16.8 Å². The van der Waals surface area contributed by atoms with Crippen LogP contribution in [0.5, 0.6) is 17.2 Å². The van der Waals surface area contributed by atoms with Crippen LogP contribution < -0.4 is 24.8 Å². The number of ether oxygens (including phenoxy) is 3. The van der Waals surface area contributed by atoms with Gasteiger partial charge in [-0.3, -0.25) is 9.59 Å². The molecule has 7 nitrogen and oxygen atoms in total. The second-order valence-corrected chi connectivity index (χ2v) is 5.38. The topological polar surface area (TPSA) is 85.9 Å². The minimum absolute atomic E-state index is 0.142. The van der Waals surface area contributed by atoms with Gasteiger partial charge < -0.3 is 24.8 Å². The van der Waals surface area contributed by atoms with Crippen molar-refractivity contribution in [2.75, 3.05) is 31.5 Å². The first-order chi connectivity index (χ1) is 12.1. The Bertz CT molecular complexity index is 819. The van der Waals surface area contributed by atoms with Crippen molar-refractivity contribution in [3.8, 4) is 17.2 Å². The van der Waals surface area contributed by atoms with Crippen molar-refractivity contribution in [3.63, 3.8) is 0 Å². The fraction of sp³-hybridized carbons (Fsp3) is 0.222. The molecule has 2 aromatic rings. The first kappa shape index (κ1) is 16.6. The standard InChI is InChI=1S/C18H18N2O5/c1-23-15-6-4-12(10-16(15)24-2)19-18(22)11-3-5-14-13(9-11)20-17(21)7-8-25-14/h3-6,9-10H,7-8H2,1-2H3,(H,19,22)(H,20,21). The quantitative estimate of drug-likeness (QED) is 0.892. The molecule has 0 saturated heterocycles. The van der Waals surface area contributed by atoms with Crippen LogP contribution in [0.2, 0.25) is 0 Å². The number of methoxy groups -OCH3 is 2. The average molecular weight is 342 g/mol. The highest BCUT2D eigenvalue weighted by molar-refractivity contribution is 6.06. The Morgan fingerprint density at radius 2 is 1.92 bits per heavy atom. The van der Waals surface area contributed by atoms with Gasteiger partial charge >= 0.3 is 0 Å². The fourth-order valence-corrected chi connectivity index (χ4v) is 2.48. The molecule has 1 aliphatic rings. The van der Waals surface area contributed by atoms with Gasteiger partial charge in [-0.25, -0.2) is 0 Å². The second kappa shape index (κ2) is 7.12. The average Bonchev–Trinajstić information content (AvgIpc) is 2.81. The molecule has 0 bridgehead atoms. The number of amides is 2. The summed E-state index contributed by atoms with van der Waals surface area (Å²) in [6.45, 7) is 0.315. The molecule has 0 saturated carbocycles. The van der Waals surface area contributed by atoms with E-state index in [1.165, 1.54) is 7.11 Å². The lowest BCUT2D eigenvalue weighted by Gasteiger charge is -2.12. The molecule has 1 aliphatic heterocycles. The second-order valence-electron chi connectivity index (χ2n) is 5.38. The third-order valence-electron chi connectivity index (χ3n) is 3.74. The monoisotopic (exact) mass is 342 g/mol. The van der Waals surface area contributed by atoms with Crippen LogP contribution in [0.3, 0.4) is 0 Å². The molecule has 0 aliphatic carbocycles. The highest BCUT2D eigenvalue weighted by Gasteiger charge is 2.16. The van der Waals surface area contributed by atoms with Crippen LogP contribution in [0.15, 0.2) is 36.4 Å². The molecule has 2 amide bonds. The van der Waals surface area contributed by atoms with Crippen molar-refractivity contribution in [1.82, 2.24) is 0 Å². The van der Waals surface area contributed by atoms with E-state index in [4.69, 9.17) is 14.2 Å². The lowest BCUT2D eigenvalue weighted by atomic mass is 10.1. The van der Waals surface area contributed by atoms with E-state index in [0.29, 0.717) is 40.8 Å². The summed E-state index contributed by atoms with van der Waals surface area (Å²) in [5, 5.41) is 5.52. The maximum Gasteiger partial charge on any atom is 0.255 e. The molecule has 2 N–H and O–H groups in total. The number of nitrogens with one attached hydrogen (secondary N) is 2. The molecule has 2 aromatic carbocycles. The number of hydrogen-bond acceptors (Lipinski definition) is 5. The molecule has 25 heavy (non-hydrogen) atoms. The lowest BCUT2D eigenvalue weighted by molar-refractivity contribution is -0.116. The van der Waals surface area contributed by atoms with Gasteiger partial charge in [0.2, 0.25) is 5.91 Å². The summed E-state index contributed by atoms with van der Waals surface area (Å²) in [7, 11) is 3.07. The highest BCUT2D eigenvalue weighted by atomic mass is 16.5. The summed E-state index contributed by atoms with van der Waals surface area (Å²) in [5.41, 5.74) is 1.46. The molecule has 0 aromatic heterocycles. The summed E-state index contributed by atoms with van der Waals surface area (Å²) >= 11 is 0. The molecule has 130 valence electrons. The van der Waals surface area contributed by atoms with Gasteiger partial charge in [-0.2, -0.15) is 0 Å². The number of hydrogen-bond donors (Lipinski definition) is 2. The van der Waals surface area contributed by atoms with Crippen molar-refractivity contribution in [2.24, 2.45) is 0 Å². The van der Waals surface area contributed by atoms with E-state index in [-0.39, 0.29) is 18.2 Å². The zero-order chi connectivity index (χ0) is 17.8. The van der Waals surface area contributed by atoms with E-state index in [0.717, 1.165) is 0 Å². The molecule has 3 rings (SSSR count). The van der Waals surface area contributed by atoms with Gasteiger partial charge in [-0.05, 0) is 30.3 Å². The lowest BCUT2D eigenvalue weighted by Crippen LogP contribution is -2.13. The summed E-state index contributed by atoms with van der Waals surface area (Å²) in [6.07, 6.45) is 0.280. The largest absolute Gasteiger partial charge is 0.493 e. The molecule has 0 atom stereocenters. The van der Waals surface area contributed by atoms with Crippen molar-refractivity contribution < 1.29 is 23.8 Å². The smallest absolute Gasteiger partial charge is 0.255 e. The van der Waals surface area contributed by atoms with Crippen LogP contribution in [0.4, 0.5) is 11.4 Å². The van der Waals surface area contributed by atoms with Crippen molar-refractivity contribution in [2.45, 2.75) is 6.42 Å². The van der Waals surface area contributed by atoms with Crippen LogP contribution in [-0.4, -0.2) is 32.6 Å². The van der Waals surface area contributed by atoms with Crippen molar-refractivity contribution >= 4 is 23.2 Å². The summed E-state index contributed by atoms with van der Waals surface area (Å²) in [5.74, 6) is 1.19. The number of carbonyl (C=O) groups excluding carboxylic acids is 2. The molecular weight excluding hydrogens is 324 g/mol. The van der Waals surface area contributed by atoms with E-state index in [1.54, 1.807) is 43.5 Å². The van der Waals surface area contributed by atoms with Gasteiger partial charge in [0.25, 0.3) is 5.91 Å². The van der Waals surface area contributed by atoms with Crippen LogP contribution in [0.25, 0.3) is 0 Å². The highest BCUT2D eigenvalue weighted by Crippen LogP contribution is 2.31. The van der Waals surface area contributed by atoms with Crippen molar-refractivity contribution in [1.29, 1.82) is 0 Å². The number of anilines is 2. The maximum atomic E-state index is 12.5. The SMILES string of the molecule is COc1ccc(NC(=O)c2ccc3c(c2)NC(=O)CCO3)cc1OC. The van der Waals surface area contributed by atoms with Gasteiger partial charge in [0, 0.05) is 17.3 Å². The summed E-state index contributed by atoms with van der Waals surface area (Å²) < 4.78 is 15.9. The summed E-state index contributed by atoms with van der Waals surface area (Å²) in [6, 6.07) is 10.0. The molecule has 0 spiro atoms. The fourth-order valence-electron chi connectivity index (χ4n) is 2.48. The Morgan fingerprint density at radius 1 is 1.12 bits per heavy atom. The number of rotatable bonds is 4. The Kier molecular flexibility index (Phi) is 4.74. The van der Waals surface area contributed by atoms with Crippen LogP contribution in [0, 0.1) is 0 Å². The third kappa shape index (κ3) is 3.65. The Balaban J connectivity index is 1.81. The van der Waals surface area contributed by atoms with Crippen LogP contribution in [-0.2, 0) is 4.79 Å². The number of carbonyl (C=O) groups is 2. The third-order valence-corrected chi connectivity index (χ3v) is 3.74. The molecular formula is C18H18N2O5. The molecule has 0 fully saturated rings. The zero-order valence-electron chi connectivity index (χ0n) is 13.9. The van der Waals surface area contributed by atoms with E-state index in [9.17, 15) is 9.59 Å². The van der Waals surface area contributed by atoms with Crippen molar-refractivity contribution in [3.05, 3.63) is 42.0 Å². The van der Waals surface area contributed by atoms with Gasteiger partial charge in [-0.15, -0.1) is 0 Å². The predicted molar refractivity (Wildman–Crippen MR) is 92.7 cm³/mol. The maximum absolute atomic E-state index is 12.5. The van der Waals surface area contributed by atoms with E-state index < -0.39 is 0 Å². The first-order valence-electron chi connectivity index (χ1n) is 7.71. The Hall–Kier alpha value is -3.22. The predicted octanol–water partition coefficient (Wildman–Crippen LogP) is 2.68. The Labute approximate surface area is 144 Å². The van der Waals surface area contributed by atoms with Crippen LogP contribution >= 0.6 is 0 Å². The van der Waals surface area contributed by atoms with E-state index in [2.05, 4.69) is 10.6 Å². The van der Waals surface area contributed by atoms with Gasteiger partial charge in [0.15, 0.2) is 11.5 Å². The normalized spacial score (nSPS) is 13.0. The molecule has 7 heteroatoms. The molecule has 0 unspecified atom stereocenters. The van der Waals surface area contributed by atoms with Gasteiger partial charge in [-0.1, -0.05) is 0 Å². The first-order valence-corrected chi connectivity index (χ1v) is 7.71. The van der Waals surface area contributed by atoms with Gasteiger partial charge in [0.05, 0.1) is 32.9 Å². The molecule has 0 radical (unpaired) electrons. The molecule has 1 heterocycles.